The molecule has 0 bridgehead atoms. The second-order valence-electron chi connectivity index (χ2n) is 3.96. The maximum absolute atomic E-state index is 12.7. The van der Waals surface area contributed by atoms with Crippen molar-refractivity contribution in [3.63, 3.8) is 0 Å². The van der Waals surface area contributed by atoms with Crippen LogP contribution >= 0.6 is 15.9 Å². The number of benzene rings is 1. The summed E-state index contributed by atoms with van der Waals surface area (Å²) in [7, 11) is 0. The van der Waals surface area contributed by atoms with Gasteiger partial charge in [-0.25, -0.2) is 0 Å². The average molecular weight is 326 g/mol. The molecule has 1 aliphatic heterocycles. The predicted octanol–water partition coefficient (Wildman–Crippen LogP) is 2.83. The van der Waals surface area contributed by atoms with Crippen molar-refractivity contribution in [2.75, 3.05) is 19.7 Å². The quantitative estimate of drug-likeness (QED) is 0.834. The fourth-order valence-electron chi connectivity index (χ4n) is 1.79. The molecular weight excluding hydrogens is 315 g/mol. The van der Waals surface area contributed by atoms with Gasteiger partial charge in [-0.15, -0.1) is 0 Å². The lowest BCUT2D eigenvalue weighted by molar-refractivity contribution is -0.137. The molecular formula is C11H11BrF3NO2. The highest BCUT2D eigenvalue weighted by atomic mass is 79.9. The van der Waals surface area contributed by atoms with E-state index in [0.717, 1.165) is 12.1 Å². The second-order valence-corrected chi connectivity index (χ2v) is 4.81. The number of halogens is 4. The highest BCUT2D eigenvalue weighted by molar-refractivity contribution is 9.10. The topological polar surface area (TPSA) is 41.5 Å². The molecule has 3 nitrogen and oxygen atoms in total. The molecule has 0 aromatic heterocycles. The first-order valence-electron chi connectivity index (χ1n) is 5.31. The summed E-state index contributed by atoms with van der Waals surface area (Å²) in [6, 6.07) is 1.78. The smallest absolute Gasteiger partial charge is 0.416 e. The molecule has 0 radical (unpaired) electrons. The zero-order valence-corrected chi connectivity index (χ0v) is 10.8. The Bertz CT molecular complexity index is 445. The van der Waals surface area contributed by atoms with Crippen LogP contribution in [0.25, 0.3) is 0 Å². The highest BCUT2D eigenvalue weighted by Gasteiger charge is 2.33. The molecule has 2 N–H and O–H groups in total. The van der Waals surface area contributed by atoms with E-state index < -0.39 is 17.8 Å². The molecule has 1 aliphatic rings. The van der Waals surface area contributed by atoms with Crippen LogP contribution in [-0.4, -0.2) is 24.8 Å². The molecule has 1 aromatic rings. The van der Waals surface area contributed by atoms with Gasteiger partial charge in [-0.1, -0.05) is 0 Å². The van der Waals surface area contributed by atoms with Gasteiger partial charge in [0.15, 0.2) is 0 Å². The number of nitrogens with one attached hydrogen (secondary N) is 1. The number of hydrogen-bond donors (Lipinski definition) is 2. The van der Waals surface area contributed by atoms with Gasteiger partial charge in [0.25, 0.3) is 0 Å². The summed E-state index contributed by atoms with van der Waals surface area (Å²) in [6.07, 6.45) is -5.02. The number of alkyl halides is 3. The Morgan fingerprint density at radius 3 is 2.67 bits per heavy atom. The van der Waals surface area contributed by atoms with Crippen molar-refractivity contribution in [3.8, 4) is 5.75 Å². The van der Waals surface area contributed by atoms with Gasteiger partial charge in [0, 0.05) is 18.7 Å². The van der Waals surface area contributed by atoms with Crippen LogP contribution in [0.1, 0.15) is 17.2 Å². The fourth-order valence-corrected chi connectivity index (χ4v) is 2.27. The summed E-state index contributed by atoms with van der Waals surface area (Å²) in [5, 5.41) is 12.8. The van der Waals surface area contributed by atoms with Gasteiger partial charge in [0.05, 0.1) is 22.7 Å². The van der Waals surface area contributed by atoms with E-state index in [9.17, 15) is 18.3 Å². The standard InChI is InChI=1S/C11H11BrF3NO2/c12-8-4-6(11(13,14)15)3-7(10(8)17)9-5-16-1-2-18-9/h3-4,9,16-17H,1-2,5H2. The van der Waals surface area contributed by atoms with E-state index in [1.165, 1.54) is 0 Å². The Labute approximate surface area is 110 Å². The number of rotatable bonds is 1. The normalized spacial score (nSPS) is 21.0. The summed E-state index contributed by atoms with van der Waals surface area (Å²) >= 11 is 2.93. The van der Waals surface area contributed by atoms with Crippen LogP contribution in [0.15, 0.2) is 16.6 Å². The molecule has 0 saturated carbocycles. The summed E-state index contributed by atoms with van der Waals surface area (Å²) < 4.78 is 43.4. The number of phenolic OH excluding ortho intramolecular Hbond substituents is 1. The summed E-state index contributed by atoms with van der Waals surface area (Å²) in [5.74, 6) is -0.211. The zero-order valence-electron chi connectivity index (χ0n) is 9.22. The van der Waals surface area contributed by atoms with Crippen molar-refractivity contribution in [2.45, 2.75) is 12.3 Å². The van der Waals surface area contributed by atoms with Gasteiger partial charge >= 0.3 is 6.18 Å². The lowest BCUT2D eigenvalue weighted by atomic mass is 10.0. The van der Waals surface area contributed by atoms with Gasteiger partial charge in [-0.2, -0.15) is 13.2 Å². The highest BCUT2D eigenvalue weighted by Crippen LogP contribution is 2.40. The van der Waals surface area contributed by atoms with Crippen molar-refractivity contribution in [3.05, 3.63) is 27.7 Å². The van der Waals surface area contributed by atoms with E-state index in [4.69, 9.17) is 4.74 Å². The van der Waals surface area contributed by atoms with E-state index in [0.29, 0.717) is 19.7 Å². The molecule has 1 fully saturated rings. The molecule has 100 valence electrons. The molecule has 18 heavy (non-hydrogen) atoms. The molecule has 0 spiro atoms. The van der Waals surface area contributed by atoms with Crippen LogP contribution in [-0.2, 0) is 10.9 Å². The molecule has 1 aromatic carbocycles. The van der Waals surface area contributed by atoms with E-state index in [1.807, 2.05) is 0 Å². The first-order valence-corrected chi connectivity index (χ1v) is 6.11. The first-order chi connectivity index (χ1) is 8.39. The lowest BCUT2D eigenvalue weighted by Gasteiger charge is -2.25. The minimum absolute atomic E-state index is 0.0153. The Balaban J connectivity index is 2.42. The Kier molecular flexibility index (Phi) is 3.84. The van der Waals surface area contributed by atoms with E-state index in [2.05, 4.69) is 21.2 Å². The molecule has 0 amide bonds. The summed E-state index contributed by atoms with van der Waals surface area (Å²) in [5.41, 5.74) is -0.666. The number of morpholine rings is 1. The average Bonchev–Trinajstić information content (AvgIpc) is 2.32. The molecule has 1 atom stereocenters. The third kappa shape index (κ3) is 2.78. The van der Waals surface area contributed by atoms with Gasteiger partial charge in [0.1, 0.15) is 5.75 Å². The van der Waals surface area contributed by atoms with Crippen molar-refractivity contribution < 1.29 is 23.0 Å². The van der Waals surface area contributed by atoms with Crippen LogP contribution in [0.4, 0.5) is 13.2 Å². The molecule has 1 heterocycles. The van der Waals surface area contributed by atoms with Crippen molar-refractivity contribution in [1.82, 2.24) is 5.32 Å². The fraction of sp³-hybridized carbons (Fsp3) is 0.455. The summed E-state index contributed by atoms with van der Waals surface area (Å²) in [4.78, 5) is 0. The second kappa shape index (κ2) is 5.07. The van der Waals surface area contributed by atoms with Crippen LogP contribution in [0.3, 0.4) is 0 Å². The zero-order chi connectivity index (χ0) is 13.3. The van der Waals surface area contributed by atoms with Crippen LogP contribution in [0, 0.1) is 0 Å². The molecule has 0 aliphatic carbocycles. The van der Waals surface area contributed by atoms with Gasteiger partial charge in [0.2, 0.25) is 0 Å². The maximum atomic E-state index is 12.7. The number of hydrogen-bond acceptors (Lipinski definition) is 3. The predicted molar refractivity (Wildman–Crippen MR) is 62.4 cm³/mol. The minimum Gasteiger partial charge on any atom is -0.506 e. The van der Waals surface area contributed by atoms with Crippen molar-refractivity contribution in [2.24, 2.45) is 0 Å². The minimum atomic E-state index is -4.45. The lowest BCUT2D eigenvalue weighted by Crippen LogP contribution is -2.33. The van der Waals surface area contributed by atoms with Crippen molar-refractivity contribution >= 4 is 15.9 Å². The molecule has 2 rings (SSSR count). The van der Waals surface area contributed by atoms with Gasteiger partial charge in [-0.3, -0.25) is 0 Å². The third-order valence-corrected chi connectivity index (χ3v) is 3.30. The molecule has 1 saturated heterocycles. The van der Waals surface area contributed by atoms with Gasteiger partial charge < -0.3 is 15.2 Å². The Hall–Kier alpha value is -0.790. The summed E-state index contributed by atoms with van der Waals surface area (Å²) in [6.45, 7) is 1.43. The van der Waals surface area contributed by atoms with Crippen LogP contribution in [0.2, 0.25) is 0 Å². The van der Waals surface area contributed by atoms with E-state index >= 15 is 0 Å². The SMILES string of the molecule is Oc1c(Br)cc(C(F)(F)F)cc1C1CNCCO1. The number of phenols is 1. The number of ether oxygens (including phenoxy) is 1. The van der Waals surface area contributed by atoms with Crippen molar-refractivity contribution in [1.29, 1.82) is 0 Å². The number of aromatic hydroxyl groups is 1. The Morgan fingerprint density at radius 1 is 1.39 bits per heavy atom. The third-order valence-electron chi connectivity index (χ3n) is 2.69. The van der Waals surface area contributed by atoms with Crippen LogP contribution in [0.5, 0.6) is 5.75 Å². The first kappa shape index (κ1) is 13.6. The van der Waals surface area contributed by atoms with E-state index in [1.54, 1.807) is 0 Å². The monoisotopic (exact) mass is 325 g/mol. The maximum Gasteiger partial charge on any atom is 0.416 e. The largest absolute Gasteiger partial charge is 0.506 e. The Morgan fingerprint density at radius 2 is 2.11 bits per heavy atom. The van der Waals surface area contributed by atoms with Gasteiger partial charge in [-0.05, 0) is 28.1 Å². The molecule has 1 unspecified atom stereocenters. The van der Waals surface area contributed by atoms with Crippen LogP contribution < -0.4 is 5.32 Å². The molecule has 7 heteroatoms. The van der Waals surface area contributed by atoms with E-state index in [-0.39, 0.29) is 15.8 Å².